The van der Waals surface area contributed by atoms with Gasteiger partial charge in [0.25, 0.3) is 0 Å². The molecule has 4 heteroatoms. The third-order valence-corrected chi connectivity index (χ3v) is 5.58. The van der Waals surface area contributed by atoms with Crippen molar-refractivity contribution in [2.75, 3.05) is 5.75 Å². The van der Waals surface area contributed by atoms with E-state index in [2.05, 4.69) is 0 Å². The van der Waals surface area contributed by atoms with Crippen LogP contribution in [0.25, 0.3) is 0 Å². The second-order valence-electron chi connectivity index (χ2n) is 5.38. The van der Waals surface area contributed by atoms with E-state index in [-0.39, 0.29) is 17.7 Å². The molecular formula is C14H21NO2S. The van der Waals surface area contributed by atoms with Gasteiger partial charge < -0.3 is 5.73 Å². The van der Waals surface area contributed by atoms with E-state index in [1.54, 1.807) is 18.2 Å². The van der Waals surface area contributed by atoms with E-state index >= 15 is 0 Å². The number of hydrogen-bond acceptors (Lipinski definition) is 3. The standard InChI is InChI=1S/C14H21NO2S/c1-11-3-2-4-14(9-11)18(16,17)10-12-5-7-13(15)8-6-12/h2-4,9,12-13H,5-8,10,15H2,1H3. The highest BCUT2D eigenvalue weighted by Crippen LogP contribution is 2.26. The van der Waals surface area contributed by atoms with Crippen molar-refractivity contribution in [1.82, 2.24) is 0 Å². The van der Waals surface area contributed by atoms with Crippen molar-refractivity contribution < 1.29 is 8.42 Å². The molecule has 0 radical (unpaired) electrons. The summed E-state index contributed by atoms with van der Waals surface area (Å²) in [5.74, 6) is 0.540. The van der Waals surface area contributed by atoms with E-state index < -0.39 is 9.84 Å². The fourth-order valence-electron chi connectivity index (χ4n) is 2.57. The molecule has 0 unspecified atom stereocenters. The molecule has 0 spiro atoms. The van der Waals surface area contributed by atoms with Crippen LogP contribution in [0.15, 0.2) is 29.2 Å². The Hall–Kier alpha value is -0.870. The second kappa shape index (κ2) is 5.41. The molecular weight excluding hydrogens is 246 g/mol. The van der Waals surface area contributed by atoms with Gasteiger partial charge in [0.15, 0.2) is 9.84 Å². The lowest BCUT2D eigenvalue weighted by Crippen LogP contribution is -2.29. The molecule has 1 aromatic rings. The Morgan fingerprint density at radius 2 is 1.89 bits per heavy atom. The van der Waals surface area contributed by atoms with Crippen LogP contribution in [0, 0.1) is 12.8 Å². The van der Waals surface area contributed by atoms with Gasteiger partial charge in [0.1, 0.15) is 0 Å². The second-order valence-corrected chi connectivity index (χ2v) is 7.41. The Labute approximate surface area is 109 Å². The Morgan fingerprint density at radius 3 is 2.50 bits per heavy atom. The quantitative estimate of drug-likeness (QED) is 0.914. The Morgan fingerprint density at radius 1 is 1.22 bits per heavy atom. The SMILES string of the molecule is Cc1cccc(S(=O)(=O)CC2CCC(N)CC2)c1. The topological polar surface area (TPSA) is 60.2 Å². The minimum atomic E-state index is -3.14. The third-order valence-electron chi connectivity index (χ3n) is 3.70. The molecule has 0 bridgehead atoms. The van der Waals surface area contributed by atoms with Crippen LogP contribution >= 0.6 is 0 Å². The number of hydrogen-bond donors (Lipinski definition) is 1. The van der Waals surface area contributed by atoms with Gasteiger partial charge in [-0.1, -0.05) is 12.1 Å². The molecule has 3 nitrogen and oxygen atoms in total. The molecule has 18 heavy (non-hydrogen) atoms. The summed E-state index contributed by atoms with van der Waals surface area (Å²) in [6.45, 7) is 1.92. The van der Waals surface area contributed by atoms with Crippen LogP contribution in [0.1, 0.15) is 31.2 Å². The number of sulfone groups is 1. The molecule has 2 rings (SSSR count). The molecule has 1 aliphatic carbocycles. The van der Waals surface area contributed by atoms with Gasteiger partial charge in [0, 0.05) is 6.04 Å². The van der Waals surface area contributed by atoms with E-state index in [1.807, 2.05) is 13.0 Å². The van der Waals surface area contributed by atoms with Crippen molar-refractivity contribution in [2.24, 2.45) is 11.7 Å². The molecule has 0 amide bonds. The summed E-state index contributed by atoms with van der Waals surface area (Å²) in [6.07, 6.45) is 3.78. The van der Waals surface area contributed by atoms with Crippen molar-refractivity contribution in [3.05, 3.63) is 29.8 Å². The molecule has 0 atom stereocenters. The molecule has 1 aromatic carbocycles. The summed E-state index contributed by atoms with van der Waals surface area (Å²) >= 11 is 0. The molecule has 0 heterocycles. The summed E-state index contributed by atoms with van der Waals surface area (Å²) in [6, 6.07) is 7.43. The Kier molecular flexibility index (Phi) is 4.07. The molecule has 0 aliphatic heterocycles. The van der Waals surface area contributed by atoms with Crippen molar-refractivity contribution in [1.29, 1.82) is 0 Å². The number of rotatable bonds is 3. The van der Waals surface area contributed by atoms with Crippen molar-refractivity contribution in [3.63, 3.8) is 0 Å². The van der Waals surface area contributed by atoms with Crippen LogP contribution in [0.4, 0.5) is 0 Å². The van der Waals surface area contributed by atoms with Crippen LogP contribution < -0.4 is 5.73 Å². The first-order valence-electron chi connectivity index (χ1n) is 6.52. The maximum atomic E-state index is 12.3. The first kappa shape index (κ1) is 13.6. The van der Waals surface area contributed by atoms with Crippen LogP contribution in [0.5, 0.6) is 0 Å². The molecule has 0 saturated heterocycles. The molecule has 2 N–H and O–H groups in total. The highest BCUT2D eigenvalue weighted by Gasteiger charge is 2.25. The van der Waals surface area contributed by atoms with Gasteiger partial charge >= 0.3 is 0 Å². The highest BCUT2D eigenvalue weighted by atomic mass is 32.2. The molecule has 1 fully saturated rings. The third kappa shape index (κ3) is 3.33. The summed E-state index contributed by atoms with van der Waals surface area (Å²) in [5, 5.41) is 0. The van der Waals surface area contributed by atoms with Gasteiger partial charge in [0.05, 0.1) is 10.6 Å². The van der Waals surface area contributed by atoms with Crippen molar-refractivity contribution in [3.8, 4) is 0 Å². The average Bonchev–Trinajstić information content (AvgIpc) is 2.32. The van der Waals surface area contributed by atoms with Crippen LogP contribution in [-0.4, -0.2) is 20.2 Å². The van der Waals surface area contributed by atoms with Crippen LogP contribution in [-0.2, 0) is 9.84 Å². The van der Waals surface area contributed by atoms with Crippen molar-refractivity contribution in [2.45, 2.75) is 43.5 Å². The fourth-order valence-corrected chi connectivity index (χ4v) is 4.37. The van der Waals surface area contributed by atoms with Gasteiger partial charge in [-0.05, 0) is 56.2 Å². The predicted molar refractivity (Wildman–Crippen MR) is 73.2 cm³/mol. The van der Waals surface area contributed by atoms with Gasteiger partial charge in [0.2, 0.25) is 0 Å². The summed E-state index contributed by atoms with van der Waals surface area (Å²) in [7, 11) is -3.14. The maximum Gasteiger partial charge on any atom is 0.178 e. The minimum absolute atomic E-state index is 0.267. The van der Waals surface area contributed by atoms with Gasteiger partial charge in [-0.3, -0.25) is 0 Å². The first-order valence-corrected chi connectivity index (χ1v) is 8.17. The lowest BCUT2D eigenvalue weighted by molar-refractivity contribution is 0.348. The van der Waals surface area contributed by atoms with Gasteiger partial charge in [-0.2, -0.15) is 0 Å². The monoisotopic (exact) mass is 267 g/mol. The lowest BCUT2D eigenvalue weighted by Gasteiger charge is -2.25. The van der Waals surface area contributed by atoms with Crippen LogP contribution in [0.2, 0.25) is 0 Å². The zero-order valence-corrected chi connectivity index (χ0v) is 11.6. The normalized spacial score (nSPS) is 25.0. The predicted octanol–water partition coefficient (Wildman–Crippen LogP) is 2.29. The summed E-state index contributed by atoms with van der Waals surface area (Å²) < 4.78 is 24.6. The largest absolute Gasteiger partial charge is 0.328 e. The Balaban J connectivity index is 2.08. The number of nitrogens with two attached hydrogens (primary N) is 1. The van der Waals surface area contributed by atoms with E-state index in [1.165, 1.54) is 0 Å². The highest BCUT2D eigenvalue weighted by molar-refractivity contribution is 7.91. The zero-order chi connectivity index (χ0) is 13.2. The number of aryl methyl sites for hydroxylation is 1. The summed E-state index contributed by atoms with van der Waals surface area (Å²) in [5.41, 5.74) is 6.83. The molecule has 100 valence electrons. The van der Waals surface area contributed by atoms with E-state index in [4.69, 9.17) is 5.73 Å². The van der Waals surface area contributed by atoms with Crippen molar-refractivity contribution >= 4 is 9.84 Å². The zero-order valence-electron chi connectivity index (χ0n) is 10.8. The molecule has 1 aliphatic rings. The van der Waals surface area contributed by atoms with E-state index in [0.29, 0.717) is 4.90 Å². The summed E-state index contributed by atoms with van der Waals surface area (Å²) in [4.78, 5) is 0.456. The van der Waals surface area contributed by atoms with Gasteiger partial charge in [-0.15, -0.1) is 0 Å². The number of benzene rings is 1. The Bertz CT molecular complexity index is 502. The first-order chi connectivity index (χ1) is 8.47. The fraction of sp³-hybridized carbons (Fsp3) is 0.571. The van der Waals surface area contributed by atoms with Gasteiger partial charge in [-0.25, -0.2) is 8.42 Å². The van der Waals surface area contributed by atoms with E-state index in [0.717, 1.165) is 31.2 Å². The molecule has 1 saturated carbocycles. The molecule has 0 aromatic heterocycles. The lowest BCUT2D eigenvalue weighted by atomic mass is 9.88. The smallest absolute Gasteiger partial charge is 0.178 e. The minimum Gasteiger partial charge on any atom is -0.328 e. The maximum absolute atomic E-state index is 12.3. The average molecular weight is 267 g/mol. The van der Waals surface area contributed by atoms with Crippen LogP contribution in [0.3, 0.4) is 0 Å². The van der Waals surface area contributed by atoms with E-state index in [9.17, 15) is 8.42 Å².